The number of hydrogen-bond acceptors (Lipinski definition) is 5. The molecule has 144 valence electrons. The Morgan fingerprint density at radius 1 is 1.03 bits per heavy atom. The number of nitriles is 2. The largest absolute Gasteiger partial charge is 0.340 e. The van der Waals surface area contributed by atoms with E-state index in [9.17, 15) is 0 Å². The van der Waals surface area contributed by atoms with E-state index < -0.39 is 0 Å². The molecule has 0 amide bonds. The van der Waals surface area contributed by atoms with Gasteiger partial charge in [0.15, 0.2) is 0 Å². The molecule has 0 spiro atoms. The molecule has 0 saturated heterocycles. The van der Waals surface area contributed by atoms with Crippen LogP contribution in [0.25, 0.3) is 6.08 Å². The Morgan fingerprint density at radius 3 is 2.34 bits per heavy atom. The summed E-state index contributed by atoms with van der Waals surface area (Å²) in [4.78, 5) is 8.97. The second-order valence-electron chi connectivity index (χ2n) is 6.46. The minimum Gasteiger partial charge on any atom is -0.340 e. The molecule has 3 rings (SSSR count). The predicted octanol–water partition coefficient (Wildman–Crippen LogP) is 5.26. The van der Waals surface area contributed by atoms with Crippen molar-refractivity contribution in [3.8, 4) is 12.1 Å². The second kappa shape index (κ2) is 10.0. The van der Waals surface area contributed by atoms with E-state index >= 15 is 0 Å². The number of anilines is 2. The van der Waals surface area contributed by atoms with Crippen LogP contribution in [-0.2, 0) is 6.42 Å². The van der Waals surface area contributed by atoms with Gasteiger partial charge in [-0.2, -0.15) is 10.5 Å². The lowest BCUT2D eigenvalue weighted by molar-refractivity contribution is 0.971. The van der Waals surface area contributed by atoms with Crippen LogP contribution in [0.15, 0.2) is 54.7 Å². The van der Waals surface area contributed by atoms with Gasteiger partial charge in [-0.1, -0.05) is 12.1 Å². The first kappa shape index (κ1) is 21.6. The number of hydrogen-bond donors (Lipinski definition) is 1. The highest BCUT2D eigenvalue weighted by atomic mass is 35.5. The average Bonchev–Trinajstić information content (AvgIpc) is 2.70. The number of halogens is 1. The van der Waals surface area contributed by atoms with Crippen LogP contribution in [0.4, 0.5) is 11.5 Å². The third-order valence-corrected chi connectivity index (χ3v) is 4.31. The normalized spacial score (nSPS) is 10.1. The molecule has 1 aromatic heterocycles. The van der Waals surface area contributed by atoms with Gasteiger partial charge in [-0.15, -0.1) is 12.4 Å². The highest BCUT2D eigenvalue weighted by molar-refractivity contribution is 5.85. The zero-order valence-corrected chi connectivity index (χ0v) is 17.0. The van der Waals surface area contributed by atoms with Crippen LogP contribution < -0.4 is 5.32 Å². The zero-order chi connectivity index (χ0) is 19.9. The van der Waals surface area contributed by atoms with Crippen LogP contribution in [0.5, 0.6) is 0 Å². The number of benzene rings is 2. The Hall–Kier alpha value is -3.67. The van der Waals surface area contributed by atoms with E-state index in [4.69, 9.17) is 10.5 Å². The summed E-state index contributed by atoms with van der Waals surface area (Å²) in [7, 11) is 0. The van der Waals surface area contributed by atoms with Crippen molar-refractivity contribution in [1.82, 2.24) is 9.97 Å². The van der Waals surface area contributed by atoms with Crippen molar-refractivity contribution in [2.24, 2.45) is 0 Å². The molecule has 1 heterocycles. The Bertz CT molecular complexity index is 1080. The summed E-state index contributed by atoms with van der Waals surface area (Å²) in [6, 6.07) is 17.5. The van der Waals surface area contributed by atoms with Gasteiger partial charge < -0.3 is 5.32 Å². The monoisotopic (exact) mass is 401 g/mol. The summed E-state index contributed by atoms with van der Waals surface area (Å²) >= 11 is 0. The molecule has 0 bridgehead atoms. The van der Waals surface area contributed by atoms with Crippen molar-refractivity contribution in [3.05, 3.63) is 88.4 Å². The van der Waals surface area contributed by atoms with Gasteiger partial charge >= 0.3 is 0 Å². The fourth-order valence-electron chi connectivity index (χ4n) is 2.99. The van der Waals surface area contributed by atoms with E-state index in [1.807, 2.05) is 50.2 Å². The molecule has 0 aliphatic rings. The van der Waals surface area contributed by atoms with Gasteiger partial charge in [0.2, 0.25) is 0 Å². The first-order valence-electron chi connectivity index (χ1n) is 8.84. The van der Waals surface area contributed by atoms with E-state index in [1.165, 1.54) is 6.08 Å². The maximum absolute atomic E-state index is 8.90. The number of allylic oxidation sites excluding steroid dienone is 1. The van der Waals surface area contributed by atoms with Gasteiger partial charge in [0.1, 0.15) is 11.6 Å². The lowest BCUT2D eigenvalue weighted by atomic mass is 10.0. The molecule has 0 radical (unpaired) electrons. The van der Waals surface area contributed by atoms with Crippen LogP contribution in [0.1, 0.15) is 33.6 Å². The highest BCUT2D eigenvalue weighted by Gasteiger charge is 2.07. The molecule has 0 atom stereocenters. The molecule has 3 aromatic rings. The molecule has 2 aromatic carbocycles. The van der Waals surface area contributed by atoms with Crippen molar-refractivity contribution in [2.75, 3.05) is 5.32 Å². The molecule has 0 aliphatic heterocycles. The Balaban J connectivity index is 0.00000300. The summed E-state index contributed by atoms with van der Waals surface area (Å²) in [5, 5.41) is 21.0. The third-order valence-electron chi connectivity index (χ3n) is 4.31. The van der Waals surface area contributed by atoms with Crippen molar-refractivity contribution in [2.45, 2.75) is 20.3 Å². The smallest absolute Gasteiger partial charge is 0.135 e. The van der Waals surface area contributed by atoms with E-state index in [0.29, 0.717) is 17.8 Å². The number of rotatable bonds is 5. The van der Waals surface area contributed by atoms with Crippen molar-refractivity contribution >= 4 is 30.0 Å². The van der Waals surface area contributed by atoms with Crippen molar-refractivity contribution < 1.29 is 0 Å². The Morgan fingerprint density at radius 2 is 1.72 bits per heavy atom. The first-order chi connectivity index (χ1) is 13.6. The molecule has 0 aliphatic carbocycles. The van der Waals surface area contributed by atoms with Crippen LogP contribution in [0, 0.1) is 36.5 Å². The summed E-state index contributed by atoms with van der Waals surface area (Å²) in [5.41, 5.74) is 5.83. The van der Waals surface area contributed by atoms with Gasteiger partial charge in [-0.3, -0.25) is 0 Å². The van der Waals surface area contributed by atoms with Gasteiger partial charge in [-0.25, -0.2) is 9.97 Å². The molecule has 0 saturated carbocycles. The van der Waals surface area contributed by atoms with Gasteiger partial charge in [-0.05, 0) is 72.5 Å². The maximum Gasteiger partial charge on any atom is 0.135 e. The molecule has 29 heavy (non-hydrogen) atoms. The van der Waals surface area contributed by atoms with E-state index in [2.05, 4.69) is 21.4 Å². The SMILES string of the molecule is Cc1cc(/C=C/C#N)cc(C)c1Nc1ccnc(Cc2ccc(C#N)cc2)n1.Cl. The van der Waals surface area contributed by atoms with Gasteiger partial charge in [0, 0.05) is 24.4 Å². The Labute approximate surface area is 176 Å². The molecule has 0 unspecified atom stereocenters. The molecule has 5 nitrogen and oxygen atoms in total. The lowest BCUT2D eigenvalue weighted by Gasteiger charge is -2.14. The fourth-order valence-corrected chi connectivity index (χ4v) is 2.99. The van der Waals surface area contributed by atoms with Crippen LogP contribution in [-0.4, -0.2) is 9.97 Å². The minimum atomic E-state index is 0. The maximum atomic E-state index is 8.90. The van der Waals surface area contributed by atoms with Crippen LogP contribution in [0.2, 0.25) is 0 Å². The van der Waals surface area contributed by atoms with Crippen molar-refractivity contribution in [3.63, 3.8) is 0 Å². The van der Waals surface area contributed by atoms with E-state index in [0.717, 1.165) is 33.8 Å². The second-order valence-corrected chi connectivity index (χ2v) is 6.46. The number of aryl methyl sites for hydroxylation is 2. The number of nitrogens with one attached hydrogen (secondary N) is 1. The quantitative estimate of drug-likeness (QED) is 0.589. The molecular weight excluding hydrogens is 382 g/mol. The highest BCUT2D eigenvalue weighted by Crippen LogP contribution is 2.26. The standard InChI is InChI=1S/C23H19N5.ClH/c1-16-12-20(4-3-10-24)13-17(2)23(16)28-21-9-11-26-22(27-21)14-18-5-7-19(15-25)8-6-18;/h3-9,11-13H,14H2,1-2H3,(H,26,27,28);1H/b4-3+;. The molecule has 0 fully saturated rings. The molecule has 1 N–H and O–H groups in total. The first-order valence-corrected chi connectivity index (χ1v) is 8.84. The summed E-state index contributed by atoms with van der Waals surface area (Å²) < 4.78 is 0. The van der Waals surface area contributed by atoms with Crippen LogP contribution in [0.3, 0.4) is 0 Å². The fraction of sp³-hybridized carbons (Fsp3) is 0.130. The Kier molecular flexibility index (Phi) is 7.48. The van der Waals surface area contributed by atoms with Crippen molar-refractivity contribution in [1.29, 1.82) is 10.5 Å². The summed E-state index contributed by atoms with van der Waals surface area (Å²) in [5.74, 6) is 1.43. The number of aromatic nitrogens is 2. The summed E-state index contributed by atoms with van der Waals surface area (Å²) in [6.45, 7) is 4.05. The van der Waals surface area contributed by atoms with Gasteiger partial charge in [0.25, 0.3) is 0 Å². The molecular formula is C23H20ClN5. The summed E-state index contributed by atoms with van der Waals surface area (Å²) in [6.07, 6.45) is 5.60. The van der Waals surface area contributed by atoms with E-state index in [1.54, 1.807) is 24.4 Å². The zero-order valence-electron chi connectivity index (χ0n) is 16.2. The minimum absolute atomic E-state index is 0. The van der Waals surface area contributed by atoms with E-state index in [-0.39, 0.29) is 12.4 Å². The van der Waals surface area contributed by atoms with Gasteiger partial charge in [0.05, 0.1) is 17.7 Å². The third kappa shape index (κ3) is 5.65. The average molecular weight is 402 g/mol. The number of nitrogens with zero attached hydrogens (tertiary/aromatic N) is 4. The predicted molar refractivity (Wildman–Crippen MR) is 117 cm³/mol. The molecule has 6 heteroatoms. The topological polar surface area (TPSA) is 85.4 Å². The lowest BCUT2D eigenvalue weighted by Crippen LogP contribution is -2.03. The van der Waals surface area contributed by atoms with Crippen LogP contribution >= 0.6 is 12.4 Å².